The lowest BCUT2D eigenvalue weighted by atomic mass is 9.86. The first-order valence-electron chi connectivity index (χ1n) is 11.1. The van der Waals surface area contributed by atoms with Crippen LogP contribution in [-0.2, 0) is 10.2 Å². The summed E-state index contributed by atoms with van der Waals surface area (Å²) in [6, 6.07) is 19.3. The fourth-order valence-corrected chi connectivity index (χ4v) is 3.87. The number of carbonyl (C=O) groups excluding carboxylic acids is 1. The maximum Gasteiger partial charge on any atom is 0.265 e. The van der Waals surface area contributed by atoms with E-state index >= 15 is 0 Å². The predicted octanol–water partition coefficient (Wildman–Crippen LogP) is 7.47. The number of hydrogen-bond acceptors (Lipinski definition) is 4. The number of hydrogen-bond donors (Lipinski definition) is 1. The molecule has 0 aliphatic rings. The molecule has 1 unspecified atom stereocenters. The number of anilines is 1. The molecular weight excluding hydrogens is 485 g/mol. The van der Waals surface area contributed by atoms with Crippen LogP contribution < -0.4 is 15.5 Å². The van der Waals surface area contributed by atoms with Gasteiger partial charge in [0, 0.05) is 21.3 Å². The first-order chi connectivity index (χ1) is 16.5. The highest BCUT2D eigenvalue weighted by atomic mass is 35.5. The Balaban J connectivity index is 1.74. The third kappa shape index (κ3) is 5.53. The molecular formula is C28H25Cl2NO4. The van der Waals surface area contributed by atoms with Gasteiger partial charge in [-0.2, -0.15) is 0 Å². The minimum atomic E-state index is -0.988. The lowest BCUT2D eigenvalue weighted by Gasteiger charge is -2.20. The Morgan fingerprint density at radius 3 is 2.20 bits per heavy atom. The van der Waals surface area contributed by atoms with Crippen molar-refractivity contribution in [3.05, 3.63) is 92.6 Å². The molecule has 0 saturated heterocycles. The van der Waals surface area contributed by atoms with Crippen molar-refractivity contribution in [2.24, 2.45) is 0 Å². The van der Waals surface area contributed by atoms with Crippen LogP contribution in [0.2, 0.25) is 10.0 Å². The summed E-state index contributed by atoms with van der Waals surface area (Å²) in [7, 11) is 0. The summed E-state index contributed by atoms with van der Waals surface area (Å²) in [5.41, 5.74) is 2.29. The largest absolute Gasteiger partial charge is 0.473 e. The summed E-state index contributed by atoms with van der Waals surface area (Å²) in [5, 5.41) is 3.99. The Bertz CT molecular complexity index is 1440. The van der Waals surface area contributed by atoms with Gasteiger partial charge in [-0.05, 0) is 60.4 Å². The average molecular weight is 510 g/mol. The highest BCUT2D eigenvalue weighted by Gasteiger charge is 2.24. The summed E-state index contributed by atoms with van der Waals surface area (Å²) < 4.78 is 12.1. The van der Waals surface area contributed by atoms with Crippen LogP contribution in [0, 0.1) is 0 Å². The number of carbonyl (C=O) groups is 1. The molecule has 1 heterocycles. The van der Waals surface area contributed by atoms with Gasteiger partial charge in [0.1, 0.15) is 5.58 Å². The molecule has 4 rings (SSSR count). The van der Waals surface area contributed by atoms with Crippen LogP contribution >= 0.6 is 23.2 Å². The lowest BCUT2D eigenvalue weighted by Crippen LogP contribution is -2.31. The quantitative estimate of drug-likeness (QED) is 0.302. The number of rotatable bonds is 5. The monoisotopic (exact) mass is 509 g/mol. The molecule has 3 aromatic carbocycles. The number of benzene rings is 3. The van der Waals surface area contributed by atoms with Crippen molar-refractivity contribution in [2.45, 2.75) is 39.2 Å². The van der Waals surface area contributed by atoms with Crippen LogP contribution in [0.25, 0.3) is 22.3 Å². The Morgan fingerprint density at radius 2 is 1.57 bits per heavy atom. The Hall–Kier alpha value is -3.28. The number of amides is 1. The van der Waals surface area contributed by atoms with Crippen molar-refractivity contribution >= 4 is 45.8 Å². The zero-order valence-corrected chi connectivity index (χ0v) is 21.3. The molecule has 0 saturated carbocycles. The molecule has 1 amide bonds. The third-order valence-corrected chi connectivity index (χ3v) is 6.09. The van der Waals surface area contributed by atoms with E-state index in [4.69, 9.17) is 32.4 Å². The SMILES string of the molecule is CC(Oc1c(-c2ccc(C(C)(C)C)cc2)oc2ccc(Cl)cc2c1=O)C(=O)Nc1ccc(Cl)cc1. The molecule has 0 spiro atoms. The minimum Gasteiger partial charge on any atom is -0.473 e. The van der Waals surface area contributed by atoms with Gasteiger partial charge < -0.3 is 14.5 Å². The normalized spacial score (nSPS) is 12.4. The summed E-state index contributed by atoms with van der Waals surface area (Å²) in [5.74, 6) is -0.231. The van der Waals surface area contributed by atoms with Crippen LogP contribution in [-0.4, -0.2) is 12.0 Å². The second-order valence-electron chi connectivity index (χ2n) is 9.31. The van der Waals surface area contributed by atoms with Crippen LogP contribution in [0.1, 0.15) is 33.3 Å². The van der Waals surface area contributed by atoms with Gasteiger partial charge in [-0.1, -0.05) is 68.2 Å². The molecule has 180 valence electrons. The van der Waals surface area contributed by atoms with Gasteiger partial charge >= 0.3 is 0 Å². The molecule has 1 atom stereocenters. The third-order valence-electron chi connectivity index (χ3n) is 5.60. The first kappa shape index (κ1) is 24.8. The van der Waals surface area contributed by atoms with Crippen LogP contribution in [0.15, 0.2) is 75.9 Å². The smallest absolute Gasteiger partial charge is 0.265 e. The number of fused-ring (bicyclic) bond motifs is 1. The van der Waals surface area contributed by atoms with Gasteiger partial charge in [0.2, 0.25) is 11.2 Å². The maximum atomic E-state index is 13.5. The van der Waals surface area contributed by atoms with E-state index in [1.54, 1.807) is 43.3 Å². The summed E-state index contributed by atoms with van der Waals surface area (Å²) in [4.78, 5) is 26.3. The van der Waals surface area contributed by atoms with Crippen molar-refractivity contribution in [1.82, 2.24) is 0 Å². The van der Waals surface area contributed by atoms with Gasteiger partial charge in [0.05, 0.1) is 5.39 Å². The van der Waals surface area contributed by atoms with E-state index < -0.39 is 17.4 Å². The Labute approximate surface area is 213 Å². The van der Waals surface area contributed by atoms with Gasteiger partial charge in [-0.3, -0.25) is 9.59 Å². The van der Waals surface area contributed by atoms with E-state index in [1.807, 2.05) is 24.3 Å². The lowest BCUT2D eigenvalue weighted by molar-refractivity contribution is -0.122. The molecule has 0 aliphatic heterocycles. The topological polar surface area (TPSA) is 68.5 Å². The highest BCUT2D eigenvalue weighted by molar-refractivity contribution is 6.31. The fourth-order valence-electron chi connectivity index (χ4n) is 3.58. The standard InChI is InChI=1S/C28H25Cl2NO4/c1-16(27(33)31-21-12-9-19(29)10-13-21)34-26-24(32)22-15-20(30)11-14-23(22)35-25(26)17-5-7-18(8-6-17)28(2,3)4/h5-16H,1-4H3,(H,31,33). The molecule has 1 N–H and O–H groups in total. The van der Waals surface area contributed by atoms with Gasteiger partial charge in [0.25, 0.3) is 5.91 Å². The van der Waals surface area contributed by atoms with E-state index in [0.29, 0.717) is 26.9 Å². The van der Waals surface area contributed by atoms with Crippen molar-refractivity contribution in [3.63, 3.8) is 0 Å². The molecule has 0 bridgehead atoms. The summed E-state index contributed by atoms with van der Waals surface area (Å²) >= 11 is 12.0. The summed E-state index contributed by atoms with van der Waals surface area (Å²) in [6.07, 6.45) is -0.988. The van der Waals surface area contributed by atoms with Crippen molar-refractivity contribution in [3.8, 4) is 17.1 Å². The van der Waals surface area contributed by atoms with Gasteiger partial charge in [0.15, 0.2) is 11.9 Å². The first-order valence-corrected chi connectivity index (χ1v) is 11.9. The van der Waals surface area contributed by atoms with E-state index in [9.17, 15) is 9.59 Å². The van der Waals surface area contributed by atoms with E-state index in [-0.39, 0.29) is 22.3 Å². The maximum absolute atomic E-state index is 13.5. The zero-order valence-electron chi connectivity index (χ0n) is 19.8. The molecule has 0 fully saturated rings. The molecule has 4 aromatic rings. The molecule has 35 heavy (non-hydrogen) atoms. The molecule has 1 aromatic heterocycles. The number of ether oxygens (including phenoxy) is 1. The molecule has 5 nitrogen and oxygen atoms in total. The van der Waals surface area contributed by atoms with Crippen LogP contribution in [0.5, 0.6) is 5.75 Å². The van der Waals surface area contributed by atoms with E-state index in [0.717, 1.165) is 5.56 Å². The summed E-state index contributed by atoms with van der Waals surface area (Å²) in [6.45, 7) is 7.94. The van der Waals surface area contributed by atoms with Crippen molar-refractivity contribution < 1.29 is 13.9 Å². The molecule has 0 aliphatic carbocycles. The molecule has 7 heteroatoms. The van der Waals surface area contributed by atoms with Crippen molar-refractivity contribution in [1.29, 1.82) is 0 Å². The number of nitrogens with one attached hydrogen (secondary N) is 1. The number of halogens is 2. The van der Waals surface area contributed by atoms with Crippen molar-refractivity contribution in [2.75, 3.05) is 5.32 Å². The van der Waals surface area contributed by atoms with Crippen LogP contribution in [0.4, 0.5) is 5.69 Å². The second kappa shape index (κ2) is 9.76. The highest BCUT2D eigenvalue weighted by Crippen LogP contribution is 2.34. The van der Waals surface area contributed by atoms with E-state index in [2.05, 4.69) is 26.1 Å². The second-order valence-corrected chi connectivity index (χ2v) is 10.2. The zero-order chi connectivity index (χ0) is 25.3. The fraction of sp³-hybridized carbons (Fsp3) is 0.214. The Kier molecular flexibility index (Phi) is 6.93. The molecule has 0 radical (unpaired) electrons. The Morgan fingerprint density at radius 1 is 0.943 bits per heavy atom. The average Bonchev–Trinajstić information content (AvgIpc) is 2.82. The minimum absolute atomic E-state index is 0.0346. The predicted molar refractivity (Wildman–Crippen MR) is 142 cm³/mol. The van der Waals surface area contributed by atoms with E-state index in [1.165, 1.54) is 6.07 Å². The van der Waals surface area contributed by atoms with Gasteiger partial charge in [-0.15, -0.1) is 0 Å². The van der Waals surface area contributed by atoms with Gasteiger partial charge in [-0.25, -0.2) is 0 Å². The van der Waals surface area contributed by atoms with Crippen LogP contribution in [0.3, 0.4) is 0 Å².